The highest BCUT2D eigenvalue weighted by Gasteiger charge is 2.20. The number of rotatable bonds is 17. The van der Waals surface area contributed by atoms with Crippen LogP contribution in [0.3, 0.4) is 0 Å². The maximum Gasteiger partial charge on any atom is 0.307 e. The second-order valence-electron chi connectivity index (χ2n) is 14.0. The molecule has 0 aromatic carbocycles. The standard InChI is InChI=1S/C31H60N2O4/c1-26(12-19-32(8)20-15-28(34)36-24-17-30(2,3)4)10-9-11-27-13-21-33(22-14-27)23-16-29(35)37-25-18-31(5,6)7/h26-27H,9-25H2,1-8H3. The van der Waals surface area contributed by atoms with E-state index >= 15 is 0 Å². The molecule has 0 aromatic heterocycles. The average molecular weight is 525 g/mol. The average Bonchev–Trinajstić information content (AvgIpc) is 2.79. The molecule has 1 aliphatic rings. The Morgan fingerprint density at radius 3 is 1.95 bits per heavy atom. The molecule has 6 nitrogen and oxygen atoms in total. The zero-order valence-corrected chi connectivity index (χ0v) is 25.7. The molecule has 1 heterocycles. The fourth-order valence-corrected chi connectivity index (χ4v) is 4.57. The van der Waals surface area contributed by atoms with Crippen molar-refractivity contribution in [1.29, 1.82) is 0 Å². The highest BCUT2D eigenvalue weighted by atomic mass is 16.5. The van der Waals surface area contributed by atoms with Gasteiger partial charge in [-0.25, -0.2) is 0 Å². The van der Waals surface area contributed by atoms with Crippen LogP contribution >= 0.6 is 0 Å². The molecule has 1 rings (SSSR count). The lowest BCUT2D eigenvalue weighted by atomic mass is 9.89. The molecule has 1 atom stereocenters. The number of ether oxygens (including phenoxy) is 2. The van der Waals surface area contributed by atoms with Crippen LogP contribution in [0.5, 0.6) is 0 Å². The first-order valence-electron chi connectivity index (χ1n) is 15.0. The quantitative estimate of drug-likeness (QED) is 0.201. The summed E-state index contributed by atoms with van der Waals surface area (Å²) < 4.78 is 10.8. The largest absolute Gasteiger partial charge is 0.466 e. The summed E-state index contributed by atoms with van der Waals surface area (Å²) in [5, 5.41) is 0. The Balaban J connectivity index is 2.04. The molecule has 0 amide bonds. The van der Waals surface area contributed by atoms with Crippen LogP contribution in [0, 0.1) is 22.7 Å². The first kappa shape index (κ1) is 33.9. The zero-order chi connectivity index (χ0) is 27.9. The number of carbonyl (C=O) groups excluding carboxylic acids is 2. The minimum Gasteiger partial charge on any atom is -0.466 e. The molecule has 0 N–H and O–H groups in total. The van der Waals surface area contributed by atoms with Crippen LogP contribution in [0.15, 0.2) is 0 Å². The van der Waals surface area contributed by atoms with Crippen LogP contribution in [0.25, 0.3) is 0 Å². The van der Waals surface area contributed by atoms with Gasteiger partial charge in [0.05, 0.1) is 26.1 Å². The van der Waals surface area contributed by atoms with Crippen molar-refractivity contribution < 1.29 is 19.1 Å². The van der Waals surface area contributed by atoms with Crippen molar-refractivity contribution in [2.24, 2.45) is 22.7 Å². The summed E-state index contributed by atoms with van der Waals surface area (Å²) in [6.45, 7) is 21.3. The molecule has 218 valence electrons. The van der Waals surface area contributed by atoms with Gasteiger partial charge in [-0.1, -0.05) is 67.7 Å². The van der Waals surface area contributed by atoms with Gasteiger partial charge in [0.2, 0.25) is 0 Å². The number of piperidine rings is 1. The van der Waals surface area contributed by atoms with E-state index in [-0.39, 0.29) is 22.8 Å². The molecule has 6 heteroatoms. The van der Waals surface area contributed by atoms with E-state index in [9.17, 15) is 9.59 Å². The Hall–Kier alpha value is -1.14. The van der Waals surface area contributed by atoms with Gasteiger partial charge in [0.1, 0.15) is 0 Å². The van der Waals surface area contributed by atoms with E-state index in [1.165, 1.54) is 38.5 Å². The summed E-state index contributed by atoms with van der Waals surface area (Å²) in [6.07, 6.45) is 10.4. The number of hydrogen-bond acceptors (Lipinski definition) is 6. The summed E-state index contributed by atoms with van der Waals surface area (Å²) in [5.41, 5.74) is 0.409. The third-order valence-electron chi connectivity index (χ3n) is 7.58. The van der Waals surface area contributed by atoms with Gasteiger partial charge in [0.25, 0.3) is 0 Å². The van der Waals surface area contributed by atoms with Gasteiger partial charge in [0.15, 0.2) is 0 Å². The fraction of sp³-hybridized carbons (Fsp3) is 0.935. The number of likely N-dealkylation sites (tertiary alicyclic amines) is 1. The maximum atomic E-state index is 12.0. The van der Waals surface area contributed by atoms with Crippen molar-refractivity contribution in [2.75, 3.05) is 53.0 Å². The molecule has 0 radical (unpaired) electrons. The molecule has 1 unspecified atom stereocenters. The highest BCUT2D eigenvalue weighted by Crippen LogP contribution is 2.25. The molecule has 1 aliphatic heterocycles. The van der Waals surface area contributed by atoms with E-state index in [4.69, 9.17) is 9.47 Å². The molecule has 0 aliphatic carbocycles. The monoisotopic (exact) mass is 524 g/mol. The predicted octanol–water partition coefficient (Wildman–Crippen LogP) is 6.57. The van der Waals surface area contributed by atoms with Crippen LogP contribution in [-0.4, -0.2) is 74.7 Å². The van der Waals surface area contributed by atoms with Crippen molar-refractivity contribution in [3.8, 4) is 0 Å². The van der Waals surface area contributed by atoms with E-state index in [0.29, 0.717) is 32.0 Å². The Bertz CT molecular complexity index is 630. The van der Waals surface area contributed by atoms with Crippen LogP contribution in [0.2, 0.25) is 0 Å². The Kier molecular flexibility index (Phi) is 16.0. The van der Waals surface area contributed by atoms with Crippen LogP contribution in [-0.2, 0) is 19.1 Å². The lowest BCUT2D eigenvalue weighted by molar-refractivity contribution is -0.145. The van der Waals surface area contributed by atoms with Gasteiger partial charge in [-0.15, -0.1) is 0 Å². The summed E-state index contributed by atoms with van der Waals surface area (Å²) in [7, 11) is 2.11. The summed E-state index contributed by atoms with van der Waals surface area (Å²) in [5.74, 6) is 1.41. The van der Waals surface area contributed by atoms with Crippen molar-refractivity contribution in [2.45, 2.75) is 113 Å². The van der Waals surface area contributed by atoms with Gasteiger partial charge in [-0.3, -0.25) is 9.59 Å². The van der Waals surface area contributed by atoms with E-state index < -0.39 is 0 Å². The van der Waals surface area contributed by atoms with E-state index in [1.54, 1.807) is 0 Å². The second-order valence-corrected chi connectivity index (χ2v) is 14.0. The molecule has 0 bridgehead atoms. The molecule has 1 fully saturated rings. The lowest BCUT2D eigenvalue weighted by Gasteiger charge is -2.32. The van der Waals surface area contributed by atoms with Crippen molar-refractivity contribution >= 4 is 11.9 Å². The number of nitrogens with zero attached hydrogens (tertiary/aromatic N) is 2. The lowest BCUT2D eigenvalue weighted by Crippen LogP contribution is -2.35. The van der Waals surface area contributed by atoms with Crippen LogP contribution < -0.4 is 0 Å². The Morgan fingerprint density at radius 2 is 1.41 bits per heavy atom. The topological polar surface area (TPSA) is 59.1 Å². The number of carbonyl (C=O) groups is 2. The molecule has 37 heavy (non-hydrogen) atoms. The van der Waals surface area contributed by atoms with Gasteiger partial charge in [0, 0.05) is 13.1 Å². The van der Waals surface area contributed by atoms with Crippen molar-refractivity contribution in [3.63, 3.8) is 0 Å². The summed E-state index contributed by atoms with van der Waals surface area (Å²) >= 11 is 0. The van der Waals surface area contributed by atoms with E-state index in [0.717, 1.165) is 51.5 Å². The van der Waals surface area contributed by atoms with Crippen LogP contribution in [0.1, 0.15) is 113 Å². The normalized spacial score (nSPS) is 16.7. The van der Waals surface area contributed by atoms with Gasteiger partial charge in [-0.05, 0) is 81.5 Å². The third kappa shape index (κ3) is 19.6. The maximum absolute atomic E-state index is 12.0. The van der Waals surface area contributed by atoms with Gasteiger partial charge < -0.3 is 19.3 Å². The Morgan fingerprint density at radius 1 is 0.865 bits per heavy atom. The minimum atomic E-state index is -0.0776. The number of esters is 2. The smallest absolute Gasteiger partial charge is 0.307 e. The summed E-state index contributed by atoms with van der Waals surface area (Å²) in [4.78, 5) is 28.6. The molecule has 1 saturated heterocycles. The zero-order valence-electron chi connectivity index (χ0n) is 25.7. The highest BCUT2D eigenvalue weighted by molar-refractivity contribution is 5.69. The first-order valence-corrected chi connectivity index (χ1v) is 15.0. The van der Waals surface area contributed by atoms with Crippen LogP contribution in [0.4, 0.5) is 0 Å². The molecular weight excluding hydrogens is 464 g/mol. The Labute approximate surface area is 229 Å². The summed E-state index contributed by atoms with van der Waals surface area (Å²) in [6, 6.07) is 0. The molecular formula is C31H60N2O4. The van der Waals surface area contributed by atoms with Crippen molar-refractivity contribution in [1.82, 2.24) is 9.80 Å². The first-order chi connectivity index (χ1) is 17.2. The van der Waals surface area contributed by atoms with E-state index in [1.807, 2.05) is 0 Å². The predicted molar refractivity (Wildman–Crippen MR) is 154 cm³/mol. The third-order valence-corrected chi connectivity index (χ3v) is 7.58. The van der Waals surface area contributed by atoms with E-state index in [2.05, 4.69) is 65.3 Å². The molecule has 0 aromatic rings. The van der Waals surface area contributed by atoms with Crippen molar-refractivity contribution in [3.05, 3.63) is 0 Å². The minimum absolute atomic E-state index is 0.0537. The fourth-order valence-electron chi connectivity index (χ4n) is 4.57. The molecule has 0 saturated carbocycles. The molecule has 0 spiro atoms. The van der Waals surface area contributed by atoms with Gasteiger partial charge >= 0.3 is 11.9 Å². The SMILES string of the molecule is CC(CCCC1CCN(CCC(=O)OCCC(C)(C)C)CC1)CCN(C)CCC(=O)OCCC(C)(C)C. The number of hydrogen-bond donors (Lipinski definition) is 0. The van der Waals surface area contributed by atoms with Gasteiger partial charge in [-0.2, -0.15) is 0 Å². The second kappa shape index (κ2) is 17.4.